The van der Waals surface area contributed by atoms with Gasteiger partial charge in [-0.25, -0.2) is 9.59 Å². The van der Waals surface area contributed by atoms with E-state index in [2.05, 4.69) is 10.1 Å². The van der Waals surface area contributed by atoms with Gasteiger partial charge in [-0.05, 0) is 32.4 Å². The standard InChI is InChI=1S/C13H17NO5/c1-4-14-12(15)19-11-9(3)7-6-8-10(11)18-13(16)17-5-2/h6-8H,4-5H2,1-3H3,(H,14,15). The van der Waals surface area contributed by atoms with E-state index < -0.39 is 12.2 Å². The second-order valence-electron chi connectivity index (χ2n) is 3.61. The van der Waals surface area contributed by atoms with Crippen LogP contribution in [0, 0.1) is 6.92 Å². The molecule has 0 saturated heterocycles. The largest absolute Gasteiger partial charge is 0.513 e. The molecule has 1 aromatic rings. The molecule has 6 nitrogen and oxygen atoms in total. The van der Waals surface area contributed by atoms with E-state index in [-0.39, 0.29) is 18.1 Å². The Hall–Kier alpha value is -2.24. The Morgan fingerprint density at radius 1 is 1.21 bits per heavy atom. The SMILES string of the molecule is CCNC(=O)Oc1c(C)cccc1OC(=O)OCC. The third kappa shape index (κ3) is 4.50. The van der Waals surface area contributed by atoms with Crippen molar-refractivity contribution < 1.29 is 23.8 Å². The number of para-hydroxylation sites is 1. The van der Waals surface area contributed by atoms with E-state index >= 15 is 0 Å². The van der Waals surface area contributed by atoms with Crippen LogP contribution in [-0.4, -0.2) is 25.4 Å². The van der Waals surface area contributed by atoms with Crippen LogP contribution in [0.3, 0.4) is 0 Å². The summed E-state index contributed by atoms with van der Waals surface area (Å²) >= 11 is 0. The number of rotatable bonds is 4. The van der Waals surface area contributed by atoms with E-state index in [1.54, 1.807) is 32.9 Å². The first-order chi connectivity index (χ1) is 9.08. The number of amides is 1. The smallest absolute Gasteiger partial charge is 0.434 e. The number of carbonyl (C=O) groups excluding carboxylic acids is 2. The van der Waals surface area contributed by atoms with Gasteiger partial charge in [-0.2, -0.15) is 0 Å². The van der Waals surface area contributed by atoms with Gasteiger partial charge in [-0.15, -0.1) is 0 Å². The molecule has 1 amide bonds. The van der Waals surface area contributed by atoms with Gasteiger partial charge < -0.3 is 19.5 Å². The fourth-order valence-electron chi connectivity index (χ4n) is 1.35. The summed E-state index contributed by atoms with van der Waals surface area (Å²) in [4.78, 5) is 22.7. The zero-order chi connectivity index (χ0) is 14.3. The Bertz CT molecular complexity index is 458. The highest BCUT2D eigenvalue weighted by molar-refractivity contribution is 5.73. The summed E-state index contributed by atoms with van der Waals surface area (Å²) in [5.41, 5.74) is 0.674. The van der Waals surface area contributed by atoms with Crippen LogP contribution in [-0.2, 0) is 4.74 Å². The third-order valence-electron chi connectivity index (χ3n) is 2.15. The summed E-state index contributed by atoms with van der Waals surface area (Å²) in [6.07, 6.45) is -1.45. The maximum Gasteiger partial charge on any atom is 0.513 e. The molecular formula is C13H17NO5. The Kier molecular flexibility index (Phi) is 5.66. The second-order valence-corrected chi connectivity index (χ2v) is 3.61. The lowest BCUT2D eigenvalue weighted by molar-refractivity contribution is 0.103. The maximum absolute atomic E-state index is 11.4. The Balaban J connectivity index is 2.88. The monoisotopic (exact) mass is 267 g/mol. The van der Waals surface area contributed by atoms with Crippen molar-refractivity contribution >= 4 is 12.2 Å². The number of hydrogen-bond acceptors (Lipinski definition) is 5. The predicted molar refractivity (Wildman–Crippen MR) is 68.5 cm³/mol. The first-order valence-corrected chi connectivity index (χ1v) is 5.98. The number of carbonyl (C=O) groups is 2. The minimum absolute atomic E-state index is 0.143. The van der Waals surface area contributed by atoms with E-state index in [1.165, 1.54) is 6.07 Å². The van der Waals surface area contributed by atoms with Crippen molar-refractivity contribution in [2.75, 3.05) is 13.2 Å². The third-order valence-corrected chi connectivity index (χ3v) is 2.15. The van der Waals surface area contributed by atoms with E-state index in [0.29, 0.717) is 12.1 Å². The lowest BCUT2D eigenvalue weighted by atomic mass is 10.2. The molecule has 0 aliphatic carbocycles. The predicted octanol–water partition coefficient (Wildman–Crippen LogP) is 2.64. The summed E-state index contributed by atoms with van der Waals surface area (Å²) in [5, 5.41) is 2.49. The van der Waals surface area contributed by atoms with Gasteiger partial charge in [0.05, 0.1) is 6.61 Å². The molecule has 0 fully saturated rings. The lowest BCUT2D eigenvalue weighted by Gasteiger charge is -2.12. The van der Waals surface area contributed by atoms with Crippen molar-refractivity contribution in [1.29, 1.82) is 0 Å². The Morgan fingerprint density at radius 3 is 2.58 bits per heavy atom. The van der Waals surface area contributed by atoms with Crippen molar-refractivity contribution in [2.45, 2.75) is 20.8 Å². The van der Waals surface area contributed by atoms with Gasteiger partial charge in [0.1, 0.15) is 0 Å². The van der Waals surface area contributed by atoms with Crippen LogP contribution in [0.2, 0.25) is 0 Å². The molecule has 0 atom stereocenters. The van der Waals surface area contributed by atoms with Gasteiger partial charge >= 0.3 is 12.2 Å². The molecule has 0 aromatic heterocycles. The zero-order valence-corrected chi connectivity index (χ0v) is 11.2. The fraction of sp³-hybridized carbons (Fsp3) is 0.385. The molecule has 104 valence electrons. The first kappa shape index (κ1) is 14.8. The van der Waals surface area contributed by atoms with E-state index in [9.17, 15) is 9.59 Å². The molecular weight excluding hydrogens is 250 g/mol. The molecule has 0 radical (unpaired) electrons. The second kappa shape index (κ2) is 7.25. The maximum atomic E-state index is 11.4. The fourth-order valence-corrected chi connectivity index (χ4v) is 1.35. The Labute approximate surface area is 111 Å². The minimum atomic E-state index is -0.839. The van der Waals surface area contributed by atoms with Crippen molar-refractivity contribution in [1.82, 2.24) is 5.32 Å². The first-order valence-electron chi connectivity index (χ1n) is 5.98. The summed E-state index contributed by atoms with van der Waals surface area (Å²) in [6.45, 7) is 5.83. The quantitative estimate of drug-likeness (QED) is 0.670. The molecule has 19 heavy (non-hydrogen) atoms. The number of benzene rings is 1. The average Bonchev–Trinajstić information content (AvgIpc) is 2.34. The molecule has 0 aliphatic heterocycles. The van der Waals surface area contributed by atoms with Gasteiger partial charge in [0.2, 0.25) is 0 Å². The number of ether oxygens (including phenoxy) is 3. The zero-order valence-electron chi connectivity index (χ0n) is 11.2. The summed E-state index contributed by atoms with van der Waals surface area (Å²) in [5.74, 6) is 0.339. The van der Waals surface area contributed by atoms with Gasteiger partial charge in [-0.3, -0.25) is 0 Å². The molecule has 0 bridgehead atoms. The van der Waals surface area contributed by atoms with Crippen LogP contribution in [0.15, 0.2) is 18.2 Å². The van der Waals surface area contributed by atoms with E-state index in [0.717, 1.165) is 0 Å². The number of nitrogens with one attached hydrogen (secondary N) is 1. The molecule has 0 heterocycles. The Morgan fingerprint density at radius 2 is 1.95 bits per heavy atom. The molecule has 6 heteroatoms. The highest BCUT2D eigenvalue weighted by Gasteiger charge is 2.15. The van der Waals surface area contributed by atoms with E-state index in [1.807, 2.05) is 0 Å². The average molecular weight is 267 g/mol. The highest BCUT2D eigenvalue weighted by atomic mass is 16.7. The molecule has 0 unspecified atom stereocenters. The van der Waals surface area contributed by atoms with E-state index in [4.69, 9.17) is 9.47 Å². The van der Waals surface area contributed by atoms with Crippen LogP contribution >= 0.6 is 0 Å². The van der Waals surface area contributed by atoms with Crippen LogP contribution in [0.4, 0.5) is 9.59 Å². The van der Waals surface area contributed by atoms with Gasteiger partial charge in [0.25, 0.3) is 0 Å². The van der Waals surface area contributed by atoms with Crippen LogP contribution in [0.1, 0.15) is 19.4 Å². The molecule has 0 spiro atoms. The van der Waals surface area contributed by atoms with Crippen molar-refractivity contribution in [3.05, 3.63) is 23.8 Å². The molecule has 1 aromatic carbocycles. The van der Waals surface area contributed by atoms with Crippen LogP contribution in [0.5, 0.6) is 11.5 Å². The summed E-state index contributed by atoms with van der Waals surface area (Å²) in [7, 11) is 0. The minimum Gasteiger partial charge on any atom is -0.434 e. The number of aryl methyl sites for hydroxylation is 1. The number of hydrogen-bond donors (Lipinski definition) is 1. The van der Waals surface area contributed by atoms with Crippen LogP contribution in [0.25, 0.3) is 0 Å². The van der Waals surface area contributed by atoms with Crippen molar-refractivity contribution in [3.8, 4) is 11.5 Å². The highest BCUT2D eigenvalue weighted by Crippen LogP contribution is 2.31. The lowest BCUT2D eigenvalue weighted by Crippen LogP contribution is -2.26. The van der Waals surface area contributed by atoms with Gasteiger partial charge in [-0.1, -0.05) is 12.1 Å². The van der Waals surface area contributed by atoms with Crippen molar-refractivity contribution in [2.24, 2.45) is 0 Å². The van der Waals surface area contributed by atoms with Gasteiger partial charge in [0, 0.05) is 6.54 Å². The van der Waals surface area contributed by atoms with Crippen molar-refractivity contribution in [3.63, 3.8) is 0 Å². The topological polar surface area (TPSA) is 73.9 Å². The molecule has 1 rings (SSSR count). The normalized spacial score (nSPS) is 9.63. The summed E-state index contributed by atoms with van der Waals surface area (Å²) < 4.78 is 14.8. The molecule has 1 N–H and O–H groups in total. The van der Waals surface area contributed by atoms with Gasteiger partial charge in [0.15, 0.2) is 11.5 Å². The van der Waals surface area contributed by atoms with Crippen LogP contribution < -0.4 is 14.8 Å². The molecule has 0 saturated carbocycles. The molecule has 0 aliphatic rings. The summed E-state index contributed by atoms with van der Waals surface area (Å²) in [6, 6.07) is 4.96.